The molecule has 1 aromatic heterocycles. The highest BCUT2D eigenvalue weighted by atomic mass is 32.1. The Kier molecular flexibility index (Phi) is 13.7. The second kappa shape index (κ2) is 17.0. The van der Waals surface area contributed by atoms with Gasteiger partial charge in [-0.05, 0) is 42.8 Å². The summed E-state index contributed by atoms with van der Waals surface area (Å²) in [6.07, 6.45) is 19.2. The van der Waals surface area contributed by atoms with Crippen molar-refractivity contribution in [2.24, 2.45) is 0 Å². The fourth-order valence-corrected chi connectivity index (χ4v) is 4.33. The summed E-state index contributed by atoms with van der Waals surface area (Å²) < 4.78 is 5.84. The number of nitrogens with one attached hydrogen (secondary N) is 1. The van der Waals surface area contributed by atoms with E-state index in [1.165, 1.54) is 88.0 Å². The molecule has 0 aliphatic carbocycles. The highest BCUT2D eigenvalue weighted by Gasteiger charge is 2.05. The molecule has 33 heavy (non-hydrogen) atoms. The largest absolute Gasteiger partial charge is 0.494 e. The van der Waals surface area contributed by atoms with Crippen molar-refractivity contribution in [2.45, 2.75) is 84.0 Å². The number of ketones is 1. The Morgan fingerprint density at radius 3 is 2.09 bits per heavy atom. The van der Waals surface area contributed by atoms with Crippen molar-refractivity contribution in [3.8, 4) is 11.8 Å². The molecule has 0 atom stereocenters. The third-order valence-electron chi connectivity index (χ3n) is 5.56. The Balaban J connectivity index is 1.50. The van der Waals surface area contributed by atoms with E-state index in [4.69, 9.17) is 10.00 Å². The first kappa shape index (κ1) is 26.7. The molecule has 1 N–H and O–H groups in total. The Morgan fingerprint density at radius 1 is 0.909 bits per heavy atom. The fraction of sp³-hybridized carbons (Fsp3) is 0.500. The van der Waals surface area contributed by atoms with Gasteiger partial charge < -0.3 is 10.1 Å². The molecule has 0 amide bonds. The molecule has 5 heteroatoms. The van der Waals surface area contributed by atoms with E-state index in [1.54, 1.807) is 18.3 Å². The first-order valence-electron chi connectivity index (χ1n) is 12.4. The van der Waals surface area contributed by atoms with Crippen LogP contribution in [0.1, 0.15) is 98.5 Å². The van der Waals surface area contributed by atoms with Crippen LogP contribution in [0.2, 0.25) is 0 Å². The summed E-state index contributed by atoms with van der Waals surface area (Å²) in [5.74, 6) is 0.752. The van der Waals surface area contributed by atoms with Gasteiger partial charge in [-0.2, -0.15) is 5.26 Å². The zero-order valence-electron chi connectivity index (χ0n) is 20.0. The van der Waals surface area contributed by atoms with Gasteiger partial charge in [-0.15, -0.1) is 11.3 Å². The van der Waals surface area contributed by atoms with Crippen LogP contribution in [0.5, 0.6) is 5.75 Å². The van der Waals surface area contributed by atoms with E-state index in [2.05, 4.69) is 12.2 Å². The monoisotopic (exact) mass is 466 g/mol. The predicted octanol–water partition coefficient (Wildman–Crippen LogP) is 8.51. The average Bonchev–Trinajstić information content (AvgIpc) is 3.32. The summed E-state index contributed by atoms with van der Waals surface area (Å²) >= 11 is 1.20. The number of nitrogens with zero attached hydrogens (tertiary/aromatic N) is 1. The fourth-order valence-electron chi connectivity index (χ4n) is 3.61. The van der Waals surface area contributed by atoms with Crippen molar-refractivity contribution < 1.29 is 9.53 Å². The molecular weight excluding hydrogens is 428 g/mol. The number of thiophene rings is 1. The minimum atomic E-state index is -0.114. The highest BCUT2D eigenvalue weighted by molar-refractivity contribution is 7.14. The molecular formula is C28H38N2O2S. The third kappa shape index (κ3) is 11.7. The Bertz CT molecular complexity index is 865. The molecule has 0 bridgehead atoms. The van der Waals surface area contributed by atoms with E-state index < -0.39 is 0 Å². The summed E-state index contributed by atoms with van der Waals surface area (Å²) in [5.41, 5.74) is 0.889. The van der Waals surface area contributed by atoms with Gasteiger partial charge in [0.1, 0.15) is 16.7 Å². The first-order chi connectivity index (χ1) is 16.2. The van der Waals surface area contributed by atoms with Crippen LogP contribution in [0.4, 0.5) is 5.69 Å². The Hall–Kier alpha value is -2.58. The molecule has 0 radical (unpaired) electrons. The second-order valence-corrected chi connectivity index (χ2v) is 9.46. The molecule has 0 aliphatic rings. The van der Waals surface area contributed by atoms with E-state index in [0.29, 0.717) is 9.75 Å². The molecule has 1 aromatic carbocycles. The van der Waals surface area contributed by atoms with Crippen LogP contribution >= 0.6 is 11.3 Å². The maximum atomic E-state index is 12.1. The number of nitriles is 1. The summed E-state index contributed by atoms with van der Waals surface area (Å²) in [7, 11) is 0. The van der Waals surface area contributed by atoms with Crippen LogP contribution in [0.15, 0.2) is 48.7 Å². The topological polar surface area (TPSA) is 62.1 Å². The third-order valence-corrected chi connectivity index (χ3v) is 6.57. The maximum Gasteiger partial charge on any atom is 0.197 e. The van der Waals surface area contributed by atoms with Crippen molar-refractivity contribution >= 4 is 22.8 Å². The van der Waals surface area contributed by atoms with Crippen LogP contribution in [0.3, 0.4) is 0 Å². The number of hydrogen-bond donors (Lipinski definition) is 1. The lowest BCUT2D eigenvalue weighted by Crippen LogP contribution is -1.98. The van der Waals surface area contributed by atoms with Crippen LogP contribution in [0.25, 0.3) is 0 Å². The smallest absolute Gasteiger partial charge is 0.197 e. The zero-order valence-corrected chi connectivity index (χ0v) is 20.8. The molecule has 0 spiro atoms. The second-order valence-electron chi connectivity index (χ2n) is 8.38. The number of allylic oxidation sites excluding steroid dienone is 1. The quantitative estimate of drug-likeness (QED) is 0.136. The van der Waals surface area contributed by atoms with Gasteiger partial charge in [0.15, 0.2) is 5.78 Å². The van der Waals surface area contributed by atoms with Crippen LogP contribution in [-0.2, 0) is 0 Å². The lowest BCUT2D eigenvalue weighted by molar-refractivity contribution is 0.105. The van der Waals surface area contributed by atoms with Crippen LogP contribution in [-0.4, -0.2) is 12.4 Å². The molecule has 0 fully saturated rings. The van der Waals surface area contributed by atoms with Crippen molar-refractivity contribution in [3.63, 3.8) is 0 Å². The van der Waals surface area contributed by atoms with Gasteiger partial charge in [0.25, 0.3) is 0 Å². The number of carbonyl (C=O) groups is 1. The Labute approximate surface area is 203 Å². The van der Waals surface area contributed by atoms with Gasteiger partial charge in [-0.25, -0.2) is 0 Å². The standard InChI is InChI=1S/C28H38N2O2S/c1-2-3-4-5-6-7-8-9-10-11-12-13-22-32-25-16-14-24(15-17-25)30-21-20-27(31)28-19-18-26(23-29)33-28/h14-21,30H,2-13,22H2,1H3/b21-20-. The van der Waals surface area contributed by atoms with Gasteiger partial charge in [-0.1, -0.05) is 77.6 Å². The van der Waals surface area contributed by atoms with Crippen LogP contribution in [0, 0.1) is 11.3 Å². The van der Waals surface area contributed by atoms with E-state index in [-0.39, 0.29) is 5.78 Å². The van der Waals surface area contributed by atoms with Gasteiger partial charge in [0.05, 0.1) is 11.5 Å². The number of rotatable bonds is 18. The Morgan fingerprint density at radius 2 is 1.52 bits per heavy atom. The maximum absolute atomic E-state index is 12.1. The molecule has 2 aromatic rings. The van der Waals surface area contributed by atoms with Crippen LogP contribution < -0.4 is 10.1 Å². The van der Waals surface area contributed by atoms with Gasteiger partial charge >= 0.3 is 0 Å². The highest BCUT2D eigenvalue weighted by Crippen LogP contribution is 2.18. The van der Waals surface area contributed by atoms with Gasteiger partial charge in [-0.3, -0.25) is 4.79 Å². The number of ether oxygens (including phenoxy) is 1. The summed E-state index contributed by atoms with van der Waals surface area (Å²) in [5, 5.41) is 11.9. The van der Waals surface area contributed by atoms with Crippen molar-refractivity contribution in [1.82, 2.24) is 0 Å². The molecule has 178 valence electrons. The van der Waals surface area contributed by atoms with E-state index in [0.717, 1.165) is 24.5 Å². The van der Waals surface area contributed by atoms with Crippen molar-refractivity contribution in [1.29, 1.82) is 5.26 Å². The zero-order chi connectivity index (χ0) is 23.6. The van der Waals surface area contributed by atoms with E-state index >= 15 is 0 Å². The number of hydrogen-bond acceptors (Lipinski definition) is 5. The summed E-state index contributed by atoms with van der Waals surface area (Å²) in [6, 6.07) is 13.1. The molecule has 1 heterocycles. The molecule has 2 rings (SSSR count). The SMILES string of the molecule is CCCCCCCCCCCCCCOc1ccc(N/C=C\C(=O)c2ccc(C#N)s2)cc1. The number of carbonyl (C=O) groups excluding carboxylic acids is 1. The molecule has 0 saturated carbocycles. The van der Waals surface area contributed by atoms with Crippen molar-refractivity contribution in [3.05, 3.63) is 58.4 Å². The number of benzene rings is 1. The lowest BCUT2D eigenvalue weighted by atomic mass is 10.1. The van der Waals surface area contributed by atoms with Gasteiger partial charge in [0, 0.05) is 18.0 Å². The lowest BCUT2D eigenvalue weighted by Gasteiger charge is -2.07. The minimum absolute atomic E-state index is 0.114. The molecule has 0 saturated heterocycles. The molecule has 0 unspecified atom stereocenters. The van der Waals surface area contributed by atoms with Gasteiger partial charge in [0.2, 0.25) is 0 Å². The average molecular weight is 467 g/mol. The number of anilines is 1. The number of unbranched alkanes of at least 4 members (excludes halogenated alkanes) is 11. The van der Waals surface area contributed by atoms with E-state index in [9.17, 15) is 4.79 Å². The predicted molar refractivity (Wildman–Crippen MR) is 139 cm³/mol. The van der Waals surface area contributed by atoms with Crippen molar-refractivity contribution in [2.75, 3.05) is 11.9 Å². The molecule has 0 aliphatic heterocycles. The van der Waals surface area contributed by atoms with E-state index in [1.807, 2.05) is 30.3 Å². The first-order valence-corrected chi connectivity index (χ1v) is 13.2. The summed E-state index contributed by atoms with van der Waals surface area (Å²) in [6.45, 7) is 3.02. The molecule has 4 nitrogen and oxygen atoms in total. The normalized spacial score (nSPS) is 10.9. The minimum Gasteiger partial charge on any atom is -0.494 e. The summed E-state index contributed by atoms with van der Waals surface area (Å²) in [4.78, 5) is 13.2.